The molecule has 0 saturated heterocycles. The van der Waals surface area contributed by atoms with E-state index >= 15 is 0 Å². The Hall–Kier alpha value is -3.16. The van der Waals surface area contributed by atoms with Gasteiger partial charge in [-0.15, -0.1) is 0 Å². The zero-order valence-electron chi connectivity index (χ0n) is 17.4. The molecule has 1 amide bonds. The first-order valence-corrected chi connectivity index (χ1v) is 11.4. The molecule has 3 aromatic carbocycles. The highest BCUT2D eigenvalue weighted by atomic mass is 32.2. The monoisotopic (exact) mass is 438 g/mol. The van der Waals surface area contributed by atoms with Crippen LogP contribution in [0, 0.1) is 0 Å². The Kier molecular flexibility index (Phi) is 7.09. The van der Waals surface area contributed by atoms with Crippen LogP contribution in [0.1, 0.15) is 31.7 Å². The summed E-state index contributed by atoms with van der Waals surface area (Å²) in [5.74, 6) is 0.696. The van der Waals surface area contributed by atoms with Crippen molar-refractivity contribution < 1.29 is 22.5 Å². The molecule has 6 nitrogen and oxygen atoms in total. The van der Waals surface area contributed by atoms with E-state index in [1.807, 2.05) is 30.3 Å². The van der Waals surface area contributed by atoms with E-state index in [1.54, 1.807) is 24.3 Å². The van der Waals surface area contributed by atoms with Crippen molar-refractivity contribution in [1.29, 1.82) is 0 Å². The van der Waals surface area contributed by atoms with Gasteiger partial charge >= 0.3 is 0 Å². The number of ether oxygens (including phenoxy) is 1. The quantitative estimate of drug-likeness (QED) is 0.469. The topological polar surface area (TPSA) is 86.7 Å². The van der Waals surface area contributed by atoms with E-state index in [0.29, 0.717) is 23.0 Å². The highest BCUT2D eigenvalue weighted by Crippen LogP contribution is 2.27. The average Bonchev–Trinajstić information content (AvgIpc) is 2.78. The van der Waals surface area contributed by atoms with Crippen LogP contribution >= 0.6 is 0 Å². The predicted octanol–water partition coefficient (Wildman–Crippen LogP) is 4.85. The van der Waals surface area contributed by atoms with Crippen molar-refractivity contribution >= 4 is 27.4 Å². The lowest BCUT2D eigenvalue weighted by atomic mass is 9.99. The molecule has 0 aliphatic carbocycles. The van der Waals surface area contributed by atoms with Crippen molar-refractivity contribution in [3.05, 3.63) is 84.4 Å². The van der Waals surface area contributed by atoms with Gasteiger partial charge in [0, 0.05) is 11.4 Å². The molecule has 3 aromatic rings. The number of hydrogen-bond acceptors (Lipinski definition) is 5. The number of carbonyl (C=O) groups is 1. The summed E-state index contributed by atoms with van der Waals surface area (Å²) in [7, 11) is -4.57. The second-order valence-corrected chi connectivity index (χ2v) is 8.56. The highest BCUT2D eigenvalue weighted by Gasteiger charge is 2.19. The van der Waals surface area contributed by atoms with Gasteiger partial charge in [0.1, 0.15) is 15.9 Å². The summed E-state index contributed by atoms with van der Waals surface area (Å²) in [5.41, 5.74) is 2.24. The van der Waals surface area contributed by atoms with E-state index in [1.165, 1.54) is 34.7 Å². The van der Waals surface area contributed by atoms with Gasteiger partial charge in [0.05, 0.1) is 4.90 Å². The Labute approximate surface area is 182 Å². The smallest absolute Gasteiger partial charge is 0.269 e. The largest absolute Gasteiger partial charge is 0.744 e. The van der Waals surface area contributed by atoms with Gasteiger partial charge in [-0.3, -0.25) is 9.69 Å². The lowest BCUT2D eigenvalue weighted by Gasteiger charge is -2.23. The standard InChI is InChI=1S/C24H25NO5S/c1-3-18(2)19-9-13-22(14-10-19)30-17-24(26)25(20-7-5-4-6-8-20)21-11-15-23(16-12-21)31(27,28)29/h4-16,18H,3,17H2,1-2H3,(H,27,28,29)/p-1. The maximum Gasteiger partial charge on any atom is 0.269 e. The van der Waals surface area contributed by atoms with Crippen LogP contribution in [0.15, 0.2) is 83.8 Å². The molecule has 0 aliphatic heterocycles. The number of para-hydroxylation sites is 1. The van der Waals surface area contributed by atoms with Crippen molar-refractivity contribution in [1.82, 2.24) is 0 Å². The fourth-order valence-corrected chi connectivity index (χ4v) is 3.58. The first-order valence-electron chi connectivity index (χ1n) is 9.96. The Morgan fingerprint density at radius 3 is 2.06 bits per heavy atom. The molecule has 7 heteroatoms. The molecule has 0 N–H and O–H groups in total. The minimum Gasteiger partial charge on any atom is -0.744 e. The molecule has 0 radical (unpaired) electrons. The van der Waals surface area contributed by atoms with Crippen LogP contribution in [0.3, 0.4) is 0 Å². The minimum absolute atomic E-state index is 0.209. The zero-order valence-corrected chi connectivity index (χ0v) is 18.2. The second-order valence-electron chi connectivity index (χ2n) is 7.18. The molecule has 3 rings (SSSR count). The van der Waals surface area contributed by atoms with Gasteiger partial charge in [0.15, 0.2) is 6.61 Å². The van der Waals surface area contributed by atoms with Crippen LogP contribution in [0.5, 0.6) is 5.75 Å². The number of amides is 1. The van der Waals surface area contributed by atoms with Crippen LogP contribution in [0.2, 0.25) is 0 Å². The van der Waals surface area contributed by atoms with E-state index < -0.39 is 10.1 Å². The summed E-state index contributed by atoms with van der Waals surface area (Å²) < 4.78 is 39.3. The molecule has 162 valence electrons. The van der Waals surface area contributed by atoms with E-state index in [4.69, 9.17) is 4.74 Å². The van der Waals surface area contributed by atoms with Crippen molar-refractivity contribution in [2.24, 2.45) is 0 Å². The summed E-state index contributed by atoms with van der Waals surface area (Å²) in [6, 6.07) is 21.8. The van der Waals surface area contributed by atoms with Crippen molar-refractivity contribution in [3.63, 3.8) is 0 Å². The second kappa shape index (κ2) is 9.76. The highest BCUT2D eigenvalue weighted by molar-refractivity contribution is 7.85. The van der Waals surface area contributed by atoms with E-state index in [9.17, 15) is 17.8 Å². The van der Waals surface area contributed by atoms with Crippen LogP contribution < -0.4 is 9.64 Å². The molecule has 0 aromatic heterocycles. The Balaban J connectivity index is 1.80. The molecule has 31 heavy (non-hydrogen) atoms. The summed E-state index contributed by atoms with van der Waals surface area (Å²) in [6.45, 7) is 4.07. The van der Waals surface area contributed by atoms with Crippen molar-refractivity contribution in [2.75, 3.05) is 11.5 Å². The van der Waals surface area contributed by atoms with Crippen molar-refractivity contribution in [3.8, 4) is 5.75 Å². The summed E-state index contributed by atoms with van der Waals surface area (Å²) in [6.07, 6.45) is 1.04. The number of nitrogens with zero attached hydrogens (tertiary/aromatic N) is 1. The minimum atomic E-state index is -4.57. The molecule has 0 heterocycles. The lowest BCUT2D eigenvalue weighted by Crippen LogP contribution is -2.31. The van der Waals surface area contributed by atoms with Gasteiger partial charge < -0.3 is 9.29 Å². The molecule has 1 atom stereocenters. The number of rotatable bonds is 8. The fraction of sp³-hybridized carbons (Fsp3) is 0.208. The molecule has 0 saturated carbocycles. The first kappa shape index (κ1) is 22.5. The van der Waals surface area contributed by atoms with Gasteiger partial charge in [0.2, 0.25) is 0 Å². The van der Waals surface area contributed by atoms with E-state index in [0.717, 1.165) is 6.42 Å². The fourth-order valence-electron chi connectivity index (χ4n) is 3.11. The lowest BCUT2D eigenvalue weighted by molar-refractivity contribution is -0.119. The Morgan fingerprint density at radius 2 is 1.52 bits per heavy atom. The molecule has 0 fully saturated rings. The third-order valence-electron chi connectivity index (χ3n) is 5.07. The number of carbonyl (C=O) groups excluding carboxylic acids is 1. The third-order valence-corrected chi connectivity index (χ3v) is 5.92. The van der Waals surface area contributed by atoms with Crippen LogP contribution in [-0.4, -0.2) is 25.5 Å². The maximum atomic E-state index is 13.0. The van der Waals surface area contributed by atoms with Gasteiger partial charge in [-0.25, -0.2) is 8.42 Å². The van der Waals surface area contributed by atoms with Gasteiger partial charge in [-0.1, -0.05) is 44.2 Å². The van der Waals surface area contributed by atoms with E-state index in [-0.39, 0.29) is 17.4 Å². The SMILES string of the molecule is CCC(C)c1ccc(OCC(=O)N(c2ccccc2)c2ccc(S(=O)(=O)[O-])cc2)cc1. The van der Waals surface area contributed by atoms with Gasteiger partial charge in [-0.2, -0.15) is 0 Å². The average molecular weight is 439 g/mol. The molecular formula is C24H24NO5S-. The number of hydrogen-bond donors (Lipinski definition) is 0. The van der Waals surface area contributed by atoms with Gasteiger partial charge in [0.25, 0.3) is 5.91 Å². The summed E-state index contributed by atoms with van der Waals surface area (Å²) in [5, 5.41) is 0. The summed E-state index contributed by atoms with van der Waals surface area (Å²) in [4.78, 5) is 14.1. The molecule has 0 bridgehead atoms. The predicted molar refractivity (Wildman–Crippen MR) is 119 cm³/mol. The summed E-state index contributed by atoms with van der Waals surface area (Å²) >= 11 is 0. The molecule has 0 aliphatic rings. The number of benzene rings is 3. The number of anilines is 2. The molecule has 1 unspecified atom stereocenters. The Morgan fingerprint density at radius 1 is 0.935 bits per heavy atom. The third kappa shape index (κ3) is 5.71. The molecule has 0 spiro atoms. The first-order chi connectivity index (χ1) is 14.8. The van der Waals surface area contributed by atoms with Crippen LogP contribution in [0.4, 0.5) is 11.4 Å². The van der Waals surface area contributed by atoms with Crippen molar-refractivity contribution in [2.45, 2.75) is 31.1 Å². The normalized spacial score (nSPS) is 12.2. The maximum absolute atomic E-state index is 13.0. The zero-order chi connectivity index (χ0) is 22.4. The van der Waals surface area contributed by atoms with E-state index in [2.05, 4.69) is 13.8 Å². The van der Waals surface area contributed by atoms with Crippen LogP contribution in [0.25, 0.3) is 0 Å². The Bertz CT molecular complexity index is 1110. The molecular weight excluding hydrogens is 414 g/mol. The van der Waals surface area contributed by atoms with Gasteiger partial charge in [-0.05, 0) is 66.4 Å². The van der Waals surface area contributed by atoms with Crippen LogP contribution in [-0.2, 0) is 14.9 Å².